The van der Waals surface area contributed by atoms with Crippen molar-refractivity contribution in [2.24, 2.45) is 5.41 Å². The van der Waals surface area contributed by atoms with E-state index in [1.807, 2.05) is 28.5 Å². The number of benzene rings is 2. The van der Waals surface area contributed by atoms with Crippen molar-refractivity contribution in [3.63, 3.8) is 0 Å². The summed E-state index contributed by atoms with van der Waals surface area (Å²) in [5.41, 5.74) is -0.287. The lowest BCUT2D eigenvalue weighted by Gasteiger charge is -2.59. The van der Waals surface area contributed by atoms with Crippen LogP contribution in [0.3, 0.4) is 0 Å². The topological polar surface area (TPSA) is 37.2 Å². The highest BCUT2D eigenvalue weighted by Crippen LogP contribution is 2.57. The second-order valence-corrected chi connectivity index (χ2v) is 12.7. The predicted octanol–water partition coefficient (Wildman–Crippen LogP) is 6.97. The number of hydrogen-bond donors (Lipinski definition) is 0. The van der Waals surface area contributed by atoms with Crippen LogP contribution in [0.25, 0.3) is 5.69 Å². The quantitative estimate of drug-likeness (QED) is 0.313. The molecule has 40 heavy (non-hydrogen) atoms. The average Bonchev–Trinajstić information content (AvgIpc) is 3.11. The first-order valence-electron chi connectivity index (χ1n) is 13.2. The van der Waals surface area contributed by atoms with Crippen molar-refractivity contribution in [1.82, 2.24) is 19.7 Å². The highest BCUT2D eigenvalue weighted by molar-refractivity contribution is 6.30. The van der Waals surface area contributed by atoms with Crippen molar-refractivity contribution in [1.29, 1.82) is 0 Å². The highest BCUT2D eigenvalue weighted by atomic mass is 35.5. The molecular formula is C28H26ClF6N5. The maximum atomic E-state index is 14.7. The Bertz CT molecular complexity index is 1500. The van der Waals surface area contributed by atoms with Crippen LogP contribution in [-0.4, -0.2) is 44.2 Å². The molecular weight excluding hydrogens is 556 g/mol. The summed E-state index contributed by atoms with van der Waals surface area (Å²) >= 11 is 6.33. The highest BCUT2D eigenvalue weighted by Gasteiger charge is 2.58. The molecule has 3 fully saturated rings. The number of alkyl halides is 5. The molecule has 1 aromatic heterocycles. The van der Waals surface area contributed by atoms with E-state index in [-0.39, 0.29) is 29.9 Å². The summed E-state index contributed by atoms with van der Waals surface area (Å²) in [6.07, 6.45) is -3.68. The van der Waals surface area contributed by atoms with E-state index in [0.717, 1.165) is 36.0 Å². The Balaban J connectivity index is 1.12. The molecule has 2 aromatic carbocycles. The zero-order valence-electron chi connectivity index (χ0n) is 21.6. The summed E-state index contributed by atoms with van der Waals surface area (Å²) in [6.45, 7) is 3.61. The molecule has 3 aromatic rings. The Morgan fingerprint density at radius 3 is 2.38 bits per heavy atom. The minimum atomic E-state index is -4.75. The number of anilines is 1. The third-order valence-corrected chi connectivity index (χ3v) is 9.41. The van der Waals surface area contributed by atoms with Gasteiger partial charge in [0.15, 0.2) is 11.6 Å². The molecule has 1 spiro atoms. The molecule has 0 amide bonds. The van der Waals surface area contributed by atoms with Gasteiger partial charge in [0.2, 0.25) is 0 Å². The number of aromatic nitrogens is 3. The molecule has 0 radical (unpaired) electrons. The molecule has 2 saturated carbocycles. The van der Waals surface area contributed by atoms with Crippen molar-refractivity contribution in [2.75, 3.05) is 18.0 Å². The van der Waals surface area contributed by atoms with Gasteiger partial charge in [-0.25, -0.2) is 13.2 Å². The summed E-state index contributed by atoms with van der Waals surface area (Å²) in [5.74, 6) is -2.39. The van der Waals surface area contributed by atoms with Gasteiger partial charge in [-0.1, -0.05) is 17.7 Å². The monoisotopic (exact) mass is 581 g/mol. The Kier molecular flexibility index (Phi) is 5.47. The van der Waals surface area contributed by atoms with Crippen molar-refractivity contribution in [2.45, 2.75) is 69.3 Å². The fourth-order valence-electron chi connectivity index (χ4n) is 7.30. The molecule has 0 unspecified atom stereocenters. The normalized spacial score (nSPS) is 23.1. The predicted molar refractivity (Wildman–Crippen MR) is 136 cm³/mol. The van der Waals surface area contributed by atoms with Gasteiger partial charge >= 0.3 is 6.18 Å². The first-order valence-corrected chi connectivity index (χ1v) is 13.6. The van der Waals surface area contributed by atoms with Crippen LogP contribution in [0.1, 0.15) is 61.3 Å². The molecule has 2 aliphatic heterocycles. The maximum Gasteiger partial charge on any atom is 0.419 e. The van der Waals surface area contributed by atoms with Gasteiger partial charge in [-0.15, -0.1) is 10.2 Å². The smallest absolute Gasteiger partial charge is 0.368 e. The molecule has 2 aliphatic carbocycles. The zero-order valence-corrected chi connectivity index (χ0v) is 22.3. The fourth-order valence-corrected chi connectivity index (χ4v) is 7.50. The third kappa shape index (κ3) is 4.02. The van der Waals surface area contributed by atoms with Crippen LogP contribution in [-0.2, 0) is 19.3 Å². The molecule has 7 rings (SSSR count). The van der Waals surface area contributed by atoms with Gasteiger partial charge in [-0.2, -0.15) is 13.2 Å². The van der Waals surface area contributed by atoms with Crippen LogP contribution in [0.2, 0.25) is 5.02 Å². The lowest BCUT2D eigenvalue weighted by molar-refractivity contribution is -0.173. The second kappa shape index (κ2) is 8.38. The van der Waals surface area contributed by atoms with Crippen LogP contribution in [0.15, 0.2) is 36.4 Å². The minimum Gasteiger partial charge on any atom is -0.368 e. The summed E-state index contributed by atoms with van der Waals surface area (Å²) < 4.78 is 84.0. The van der Waals surface area contributed by atoms with Crippen LogP contribution >= 0.6 is 11.6 Å². The molecule has 0 atom stereocenters. The van der Waals surface area contributed by atoms with Crippen LogP contribution in [0, 0.1) is 11.2 Å². The first-order chi connectivity index (χ1) is 18.8. The first kappa shape index (κ1) is 26.1. The number of hydrogen-bond acceptors (Lipinski definition) is 4. The molecule has 0 bridgehead atoms. The molecule has 12 heteroatoms. The van der Waals surface area contributed by atoms with Gasteiger partial charge in [0.1, 0.15) is 5.82 Å². The van der Waals surface area contributed by atoms with Crippen LogP contribution in [0.4, 0.5) is 32.0 Å². The zero-order chi connectivity index (χ0) is 28.2. The number of halogens is 7. The summed E-state index contributed by atoms with van der Waals surface area (Å²) in [4.78, 5) is 3.70. The standard InChI is InChI=1S/C28H26ClF6N5/c1-25(12-27(31,32)13-25)39-10-16-7-18(29)5-6-20(16)40-22(11-39)36-37-24(40)17-8-26(9-17)14-38(15-26)21-4-2-3-19(23(21)30)28(33,34)35/h2-7,17H,8-15H2,1H3. The van der Waals surface area contributed by atoms with E-state index in [1.54, 1.807) is 11.0 Å². The van der Waals surface area contributed by atoms with Crippen LogP contribution < -0.4 is 4.90 Å². The third-order valence-electron chi connectivity index (χ3n) is 9.17. The fraction of sp³-hybridized carbons (Fsp3) is 0.500. The molecule has 212 valence electrons. The number of rotatable bonds is 3. The second-order valence-electron chi connectivity index (χ2n) is 12.2. The molecule has 3 heterocycles. The van der Waals surface area contributed by atoms with E-state index >= 15 is 0 Å². The maximum absolute atomic E-state index is 14.7. The van der Waals surface area contributed by atoms with E-state index in [2.05, 4.69) is 10.2 Å². The van der Waals surface area contributed by atoms with Gasteiger partial charge < -0.3 is 4.90 Å². The summed E-state index contributed by atoms with van der Waals surface area (Å²) in [7, 11) is 0. The van der Waals surface area contributed by atoms with Gasteiger partial charge in [0, 0.05) is 54.4 Å². The van der Waals surface area contributed by atoms with E-state index in [1.165, 1.54) is 12.1 Å². The molecule has 5 nitrogen and oxygen atoms in total. The van der Waals surface area contributed by atoms with E-state index in [9.17, 15) is 26.3 Å². The van der Waals surface area contributed by atoms with E-state index in [0.29, 0.717) is 37.0 Å². The number of nitrogens with zero attached hydrogens (tertiary/aromatic N) is 5. The minimum absolute atomic E-state index is 0.0267. The summed E-state index contributed by atoms with van der Waals surface area (Å²) in [5, 5.41) is 9.57. The van der Waals surface area contributed by atoms with E-state index in [4.69, 9.17) is 11.6 Å². The Hall–Kier alpha value is -2.79. The van der Waals surface area contributed by atoms with Gasteiger partial charge in [-0.3, -0.25) is 9.47 Å². The Morgan fingerprint density at radius 1 is 0.975 bits per heavy atom. The van der Waals surface area contributed by atoms with Gasteiger partial charge in [-0.05, 0) is 55.7 Å². The lowest BCUT2D eigenvalue weighted by atomic mass is 9.57. The van der Waals surface area contributed by atoms with Gasteiger partial charge in [0.25, 0.3) is 5.92 Å². The SMILES string of the molecule is CC1(N2Cc3cc(Cl)ccc3-n3c(nnc3C3CC4(C3)CN(c3cccc(C(F)(F)F)c3F)C4)C2)CC(F)(F)C1. The van der Waals surface area contributed by atoms with Crippen molar-refractivity contribution >= 4 is 17.3 Å². The average molecular weight is 582 g/mol. The molecule has 0 N–H and O–H groups in total. The van der Waals surface area contributed by atoms with Gasteiger partial charge in [0.05, 0.1) is 23.5 Å². The van der Waals surface area contributed by atoms with Crippen molar-refractivity contribution in [3.05, 3.63) is 70.0 Å². The van der Waals surface area contributed by atoms with Crippen LogP contribution in [0.5, 0.6) is 0 Å². The largest absolute Gasteiger partial charge is 0.419 e. The van der Waals surface area contributed by atoms with Crippen molar-refractivity contribution < 1.29 is 26.3 Å². The molecule has 1 saturated heterocycles. The summed E-state index contributed by atoms with van der Waals surface area (Å²) in [6, 6.07) is 8.94. The van der Waals surface area contributed by atoms with Crippen molar-refractivity contribution in [3.8, 4) is 5.69 Å². The number of fused-ring (bicyclic) bond motifs is 3. The Labute approximate surface area is 231 Å². The lowest BCUT2D eigenvalue weighted by Crippen LogP contribution is -2.62. The molecule has 4 aliphatic rings. The van der Waals surface area contributed by atoms with E-state index < -0.39 is 29.0 Å². The Morgan fingerprint density at radius 2 is 1.70 bits per heavy atom.